The van der Waals surface area contributed by atoms with Gasteiger partial charge in [0.25, 0.3) is 5.24 Å². The average molecular weight is 237 g/mol. The minimum atomic E-state index is 0.131. The SMILES string of the molecule is CCSC(=O)N(C)C(C)c1cccc(C)c1. The van der Waals surface area contributed by atoms with Crippen LogP contribution in [0.15, 0.2) is 24.3 Å². The predicted octanol–water partition coefficient (Wildman–Crippen LogP) is 3.86. The van der Waals surface area contributed by atoms with Crippen molar-refractivity contribution >= 4 is 17.0 Å². The molecule has 0 spiro atoms. The van der Waals surface area contributed by atoms with Crippen molar-refractivity contribution in [2.24, 2.45) is 0 Å². The summed E-state index contributed by atoms with van der Waals surface area (Å²) < 4.78 is 0. The zero-order valence-corrected chi connectivity index (χ0v) is 11.2. The molecule has 0 bridgehead atoms. The van der Waals surface area contributed by atoms with E-state index >= 15 is 0 Å². The van der Waals surface area contributed by atoms with Crippen molar-refractivity contribution < 1.29 is 4.79 Å². The van der Waals surface area contributed by atoms with Crippen molar-refractivity contribution in [1.82, 2.24) is 4.90 Å². The van der Waals surface area contributed by atoms with E-state index in [2.05, 4.69) is 32.0 Å². The molecule has 0 heterocycles. The summed E-state index contributed by atoms with van der Waals surface area (Å²) in [6.07, 6.45) is 0. The van der Waals surface area contributed by atoms with E-state index in [0.717, 1.165) is 5.75 Å². The fourth-order valence-electron chi connectivity index (χ4n) is 1.54. The van der Waals surface area contributed by atoms with Crippen LogP contribution in [0.4, 0.5) is 4.79 Å². The maximum atomic E-state index is 11.7. The second-order valence-corrected chi connectivity index (χ2v) is 5.12. The summed E-state index contributed by atoms with van der Waals surface area (Å²) in [6.45, 7) is 6.12. The van der Waals surface area contributed by atoms with Crippen molar-refractivity contribution in [2.45, 2.75) is 26.8 Å². The number of aryl methyl sites for hydroxylation is 1. The van der Waals surface area contributed by atoms with Crippen LogP contribution in [0.5, 0.6) is 0 Å². The van der Waals surface area contributed by atoms with Gasteiger partial charge < -0.3 is 4.90 Å². The first-order chi connectivity index (χ1) is 7.56. The van der Waals surface area contributed by atoms with Gasteiger partial charge in [-0.2, -0.15) is 0 Å². The average Bonchev–Trinajstić information content (AvgIpc) is 2.27. The van der Waals surface area contributed by atoms with Gasteiger partial charge in [0.15, 0.2) is 0 Å². The molecule has 0 aliphatic rings. The second kappa shape index (κ2) is 5.94. The number of benzene rings is 1. The lowest BCUT2D eigenvalue weighted by molar-refractivity contribution is 0.220. The van der Waals surface area contributed by atoms with Crippen LogP contribution >= 0.6 is 11.8 Å². The summed E-state index contributed by atoms with van der Waals surface area (Å²) in [4.78, 5) is 13.5. The summed E-state index contributed by atoms with van der Waals surface area (Å²) in [6, 6.07) is 8.43. The van der Waals surface area contributed by atoms with Crippen LogP contribution in [0.1, 0.15) is 31.0 Å². The van der Waals surface area contributed by atoms with E-state index in [1.54, 1.807) is 4.90 Å². The van der Waals surface area contributed by atoms with Gasteiger partial charge in [-0.3, -0.25) is 4.79 Å². The lowest BCUT2D eigenvalue weighted by Crippen LogP contribution is -2.26. The number of amides is 1. The molecule has 88 valence electrons. The maximum absolute atomic E-state index is 11.7. The van der Waals surface area contributed by atoms with E-state index in [1.807, 2.05) is 20.0 Å². The van der Waals surface area contributed by atoms with Gasteiger partial charge in [0.1, 0.15) is 0 Å². The van der Waals surface area contributed by atoms with Gasteiger partial charge in [-0.25, -0.2) is 0 Å². The van der Waals surface area contributed by atoms with Crippen LogP contribution in [-0.4, -0.2) is 22.9 Å². The van der Waals surface area contributed by atoms with E-state index < -0.39 is 0 Å². The first kappa shape index (κ1) is 13.1. The molecule has 0 radical (unpaired) electrons. The van der Waals surface area contributed by atoms with Crippen LogP contribution in [0.2, 0.25) is 0 Å². The lowest BCUT2D eigenvalue weighted by atomic mass is 10.1. The summed E-state index contributed by atoms with van der Waals surface area (Å²) in [7, 11) is 1.86. The van der Waals surface area contributed by atoms with Crippen molar-refractivity contribution in [1.29, 1.82) is 0 Å². The third-order valence-corrected chi connectivity index (χ3v) is 3.48. The molecule has 1 rings (SSSR count). The third kappa shape index (κ3) is 3.27. The second-order valence-electron chi connectivity index (χ2n) is 3.90. The van der Waals surface area contributed by atoms with E-state index in [4.69, 9.17) is 0 Å². The monoisotopic (exact) mass is 237 g/mol. The molecule has 2 nitrogen and oxygen atoms in total. The number of hydrogen-bond donors (Lipinski definition) is 0. The fourth-order valence-corrected chi connectivity index (χ4v) is 2.15. The van der Waals surface area contributed by atoms with Crippen LogP contribution < -0.4 is 0 Å². The summed E-state index contributed by atoms with van der Waals surface area (Å²) in [5.74, 6) is 0.823. The molecule has 0 aromatic heterocycles. The smallest absolute Gasteiger partial charge is 0.281 e. The van der Waals surface area contributed by atoms with Crippen LogP contribution in [0.3, 0.4) is 0 Å². The highest BCUT2D eigenvalue weighted by molar-refractivity contribution is 8.13. The van der Waals surface area contributed by atoms with E-state index in [-0.39, 0.29) is 11.3 Å². The van der Waals surface area contributed by atoms with Gasteiger partial charge in [0.2, 0.25) is 0 Å². The molecule has 0 fully saturated rings. The number of nitrogens with zero attached hydrogens (tertiary/aromatic N) is 1. The fraction of sp³-hybridized carbons (Fsp3) is 0.462. The van der Waals surface area contributed by atoms with Crippen LogP contribution in [0.25, 0.3) is 0 Å². The first-order valence-electron chi connectivity index (χ1n) is 5.52. The molecule has 1 atom stereocenters. The Morgan fingerprint density at radius 1 is 1.50 bits per heavy atom. The maximum Gasteiger partial charge on any atom is 0.281 e. The highest BCUT2D eigenvalue weighted by atomic mass is 32.2. The Balaban J connectivity index is 2.77. The van der Waals surface area contributed by atoms with Gasteiger partial charge in [-0.1, -0.05) is 48.5 Å². The largest absolute Gasteiger partial charge is 0.330 e. The number of carbonyl (C=O) groups excluding carboxylic acids is 1. The normalized spacial score (nSPS) is 12.2. The first-order valence-corrected chi connectivity index (χ1v) is 6.51. The molecule has 16 heavy (non-hydrogen) atoms. The molecule has 1 aromatic rings. The summed E-state index contributed by atoms with van der Waals surface area (Å²) in [5.41, 5.74) is 2.42. The highest BCUT2D eigenvalue weighted by Gasteiger charge is 2.16. The quantitative estimate of drug-likeness (QED) is 0.795. The van der Waals surface area contributed by atoms with Crippen LogP contribution in [0, 0.1) is 6.92 Å². The molecule has 0 saturated carbocycles. The minimum Gasteiger partial charge on any atom is -0.330 e. The summed E-state index contributed by atoms with van der Waals surface area (Å²) in [5, 5.41) is 0.136. The molecular formula is C13H19NOS. The van der Waals surface area contributed by atoms with E-state index in [1.165, 1.54) is 22.9 Å². The molecule has 3 heteroatoms. The van der Waals surface area contributed by atoms with E-state index in [9.17, 15) is 4.79 Å². The molecule has 1 unspecified atom stereocenters. The van der Waals surface area contributed by atoms with Gasteiger partial charge >= 0.3 is 0 Å². The Morgan fingerprint density at radius 2 is 2.19 bits per heavy atom. The molecule has 0 N–H and O–H groups in total. The minimum absolute atomic E-state index is 0.131. The van der Waals surface area contributed by atoms with Crippen molar-refractivity contribution in [2.75, 3.05) is 12.8 Å². The highest BCUT2D eigenvalue weighted by Crippen LogP contribution is 2.22. The number of hydrogen-bond acceptors (Lipinski definition) is 2. The standard InChI is InChI=1S/C13H19NOS/c1-5-16-13(15)14(4)11(3)12-8-6-7-10(2)9-12/h6-9,11H,5H2,1-4H3. The third-order valence-electron chi connectivity index (χ3n) is 2.66. The number of thioether (sulfide) groups is 1. The Labute approximate surface area is 102 Å². The topological polar surface area (TPSA) is 20.3 Å². The van der Waals surface area contributed by atoms with Gasteiger partial charge in [-0.15, -0.1) is 0 Å². The lowest BCUT2D eigenvalue weighted by Gasteiger charge is -2.25. The van der Waals surface area contributed by atoms with Crippen molar-refractivity contribution in [3.8, 4) is 0 Å². The van der Waals surface area contributed by atoms with Gasteiger partial charge in [0.05, 0.1) is 6.04 Å². The Hall–Kier alpha value is -0.960. The molecule has 0 aliphatic carbocycles. The Bertz CT molecular complexity index is 365. The molecule has 1 aromatic carbocycles. The number of carbonyl (C=O) groups is 1. The van der Waals surface area contributed by atoms with Gasteiger partial charge in [-0.05, 0) is 25.2 Å². The van der Waals surface area contributed by atoms with Gasteiger partial charge in [0, 0.05) is 7.05 Å². The summed E-state index contributed by atoms with van der Waals surface area (Å²) >= 11 is 1.35. The van der Waals surface area contributed by atoms with E-state index in [0.29, 0.717) is 0 Å². The predicted molar refractivity (Wildman–Crippen MR) is 70.9 cm³/mol. The number of rotatable bonds is 3. The Kier molecular flexibility index (Phi) is 4.87. The Morgan fingerprint density at radius 3 is 2.75 bits per heavy atom. The van der Waals surface area contributed by atoms with Crippen LogP contribution in [-0.2, 0) is 0 Å². The molecule has 0 saturated heterocycles. The van der Waals surface area contributed by atoms with Crippen molar-refractivity contribution in [3.63, 3.8) is 0 Å². The molecule has 0 aliphatic heterocycles. The molecular weight excluding hydrogens is 218 g/mol. The zero-order chi connectivity index (χ0) is 12.1. The molecule has 1 amide bonds. The van der Waals surface area contributed by atoms with Crippen molar-refractivity contribution in [3.05, 3.63) is 35.4 Å². The zero-order valence-electron chi connectivity index (χ0n) is 10.4.